The Morgan fingerprint density at radius 3 is 2.45 bits per heavy atom. The lowest BCUT2D eigenvalue weighted by Crippen LogP contribution is -2.53. The van der Waals surface area contributed by atoms with Crippen molar-refractivity contribution in [1.29, 1.82) is 0 Å². The van der Waals surface area contributed by atoms with Gasteiger partial charge in [-0.3, -0.25) is 4.79 Å². The molecule has 120 valence electrons. The number of hydrogen-bond donors (Lipinski definition) is 2. The summed E-state index contributed by atoms with van der Waals surface area (Å²) in [5, 5.41) is 4.04. The topological polar surface area (TPSA) is 55.1 Å². The van der Waals surface area contributed by atoms with Crippen LogP contribution in [0.15, 0.2) is 24.3 Å². The van der Waals surface area contributed by atoms with E-state index in [0.29, 0.717) is 30.3 Å². The second-order valence-electron chi connectivity index (χ2n) is 6.90. The molecule has 3 nitrogen and oxygen atoms in total. The average molecular weight is 321 g/mol. The van der Waals surface area contributed by atoms with Crippen molar-refractivity contribution in [2.45, 2.75) is 57.0 Å². The lowest BCUT2D eigenvalue weighted by molar-refractivity contribution is -0.123. The molecule has 0 spiro atoms. The Morgan fingerprint density at radius 2 is 1.82 bits per heavy atom. The summed E-state index contributed by atoms with van der Waals surface area (Å²) in [4.78, 5) is 12.3. The first-order chi connectivity index (χ1) is 10.6. The van der Waals surface area contributed by atoms with Crippen LogP contribution >= 0.6 is 11.6 Å². The Morgan fingerprint density at radius 1 is 1.18 bits per heavy atom. The summed E-state index contributed by atoms with van der Waals surface area (Å²) in [5.41, 5.74) is 7.30. The van der Waals surface area contributed by atoms with E-state index in [9.17, 15) is 4.79 Å². The van der Waals surface area contributed by atoms with Crippen LogP contribution in [0.4, 0.5) is 0 Å². The standard InChI is InChI=1S/C18H25ClN2O/c19-15-7-4-12(5-8-15)6-9-17(22)21-18-13-2-1-3-14(18)11-16(20)10-13/h4-5,7-8,13-14,16,18H,1-3,6,9-11,20H2,(H,21,22). The van der Waals surface area contributed by atoms with Crippen LogP contribution < -0.4 is 11.1 Å². The molecule has 1 amide bonds. The quantitative estimate of drug-likeness (QED) is 0.894. The molecule has 22 heavy (non-hydrogen) atoms. The van der Waals surface area contributed by atoms with Gasteiger partial charge in [-0.25, -0.2) is 0 Å². The van der Waals surface area contributed by atoms with Crippen molar-refractivity contribution in [3.8, 4) is 0 Å². The zero-order valence-corrected chi connectivity index (χ0v) is 13.7. The molecule has 2 fully saturated rings. The van der Waals surface area contributed by atoms with E-state index >= 15 is 0 Å². The lowest BCUT2D eigenvalue weighted by atomic mass is 9.67. The number of nitrogens with two attached hydrogens (primary N) is 1. The molecule has 1 aromatic rings. The summed E-state index contributed by atoms with van der Waals surface area (Å²) in [7, 11) is 0. The highest BCUT2D eigenvalue weighted by atomic mass is 35.5. The first-order valence-electron chi connectivity index (χ1n) is 8.41. The SMILES string of the molecule is NC1CC2CCCC(C1)C2NC(=O)CCc1ccc(Cl)cc1. The Labute approximate surface area is 137 Å². The van der Waals surface area contributed by atoms with Crippen molar-refractivity contribution < 1.29 is 4.79 Å². The zero-order chi connectivity index (χ0) is 15.5. The van der Waals surface area contributed by atoms with Gasteiger partial charge in [0.2, 0.25) is 5.91 Å². The van der Waals surface area contributed by atoms with E-state index < -0.39 is 0 Å². The van der Waals surface area contributed by atoms with Gasteiger partial charge in [0, 0.05) is 23.5 Å². The average Bonchev–Trinajstić information content (AvgIpc) is 2.48. The zero-order valence-electron chi connectivity index (χ0n) is 12.9. The predicted octanol–water partition coefficient (Wildman–Crippen LogP) is 3.29. The van der Waals surface area contributed by atoms with E-state index in [4.69, 9.17) is 17.3 Å². The monoisotopic (exact) mass is 320 g/mol. The van der Waals surface area contributed by atoms with E-state index in [2.05, 4.69) is 5.32 Å². The summed E-state index contributed by atoms with van der Waals surface area (Å²) < 4.78 is 0. The third-order valence-electron chi connectivity index (χ3n) is 5.26. The predicted molar refractivity (Wildman–Crippen MR) is 89.7 cm³/mol. The van der Waals surface area contributed by atoms with Crippen molar-refractivity contribution in [2.75, 3.05) is 0 Å². The Balaban J connectivity index is 1.52. The fourth-order valence-corrected chi connectivity index (χ4v) is 4.32. The van der Waals surface area contributed by atoms with E-state index in [1.165, 1.54) is 19.3 Å². The largest absolute Gasteiger partial charge is 0.353 e. The van der Waals surface area contributed by atoms with Crippen LogP contribution in [-0.4, -0.2) is 18.0 Å². The Kier molecular flexibility index (Phi) is 5.04. The molecule has 0 radical (unpaired) electrons. The molecule has 2 saturated carbocycles. The molecular weight excluding hydrogens is 296 g/mol. The van der Waals surface area contributed by atoms with Gasteiger partial charge in [-0.05, 0) is 61.6 Å². The highest BCUT2D eigenvalue weighted by molar-refractivity contribution is 6.30. The molecule has 0 aliphatic heterocycles. The van der Waals surface area contributed by atoms with E-state index in [1.54, 1.807) is 0 Å². The smallest absolute Gasteiger partial charge is 0.220 e. The van der Waals surface area contributed by atoms with Crippen LogP contribution in [-0.2, 0) is 11.2 Å². The summed E-state index contributed by atoms with van der Waals surface area (Å²) in [5.74, 6) is 1.34. The number of carbonyl (C=O) groups is 1. The van der Waals surface area contributed by atoms with Gasteiger partial charge in [-0.2, -0.15) is 0 Å². The van der Waals surface area contributed by atoms with Crippen molar-refractivity contribution in [3.63, 3.8) is 0 Å². The van der Waals surface area contributed by atoms with Gasteiger partial charge in [-0.1, -0.05) is 30.2 Å². The van der Waals surface area contributed by atoms with Crippen LogP contribution in [0.2, 0.25) is 5.02 Å². The highest BCUT2D eigenvalue weighted by Crippen LogP contribution is 2.39. The number of hydrogen-bond acceptors (Lipinski definition) is 2. The van der Waals surface area contributed by atoms with Crippen molar-refractivity contribution in [2.24, 2.45) is 17.6 Å². The van der Waals surface area contributed by atoms with Gasteiger partial charge in [0.15, 0.2) is 0 Å². The van der Waals surface area contributed by atoms with Gasteiger partial charge >= 0.3 is 0 Å². The van der Waals surface area contributed by atoms with E-state index in [0.717, 1.165) is 29.8 Å². The molecule has 2 aliphatic carbocycles. The molecule has 2 bridgehead atoms. The fraction of sp³-hybridized carbons (Fsp3) is 0.611. The molecule has 0 saturated heterocycles. The first-order valence-corrected chi connectivity index (χ1v) is 8.79. The van der Waals surface area contributed by atoms with Crippen molar-refractivity contribution in [1.82, 2.24) is 5.32 Å². The Hall–Kier alpha value is -1.06. The summed E-state index contributed by atoms with van der Waals surface area (Å²) in [6, 6.07) is 8.42. The summed E-state index contributed by atoms with van der Waals surface area (Å²) >= 11 is 5.88. The highest BCUT2D eigenvalue weighted by Gasteiger charge is 2.39. The number of benzene rings is 1. The summed E-state index contributed by atoms with van der Waals surface area (Å²) in [6.07, 6.45) is 7.17. The summed E-state index contributed by atoms with van der Waals surface area (Å²) in [6.45, 7) is 0. The molecular formula is C18H25ClN2O. The van der Waals surface area contributed by atoms with E-state index in [-0.39, 0.29) is 5.91 Å². The maximum absolute atomic E-state index is 12.3. The van der Waals surface area contributed by atoms with Crippen LogP contribution in [0.5, 0.6) is 0 Å². The van der Waals surface area contributed by atoms with Gasteiger partial charge in [0.05, 0.1) is 0 Å². The minimum atomic E-state index is 0.173. The number of rotatable bonds is 4. The maximum Gasteiger partial charge on any atom is 0.220 e. The molecule has 1 aromatic carbocycles. The molecule has 4 heteroatoms. The Bertz CT molecular complexity index is 502. The van der Waals surface area contributed by atoms with Crippen molar-refractivity contribution >= 4 is 17.5 Å². The first kappa shape index (κ1) is 15.8. The normalized spacial score (nSPS) is 30.8. The molecule has 0 aromatic heterocycles. The number of aryl methyl sites for hydroxylation is 1. The molecule has 3 rings (SSSR count). The van der Waals surface area contributed by atoms with Gasteiger partial charge in [0.25, 0.3) is 0 Å². The maximum atomic E-state index is 12.3. The molecule has 2 unspecified atom stereocenters. The lowest BCUT2D eigenvalue weighted by Gasteiger charge is -2.45. The van der Waals surface area contributed by atoms with Gasteiger partial charge in [0.1, 0.15) is 0 Å². The third-order valence-corrected chi connectivity index (χ3v) is 5.51. The van der Waals surface area contributed by atoms with Crippen LogP contribution in [0.25, 0.3) is 0 Å². The second-order valence-corrected chi connectivity index (χ2v) is 7.34. The molecule has 3 N–H and O–H groups in total. The van der Waals surface area contributed by atoms with E-state index in [1.807, 2.05) is 24.3 Å². The second kappa shape index (κ2) is 7.01. The van der Waals surface area contributed by atoms with Crippen LogP contribution in [0, 0.1) is 11.8 Å². The molecule has 2 aliphatic rings. The van der Waals surface area contributed by atoms with Gasteiger partial charge < -0.3 is 11.1 Å². The van der Waals surface area contributed by atoms with Crippen LogP contribution in [0.3, 0.4) is 0 Å². The van der Waals surface area contributed by atoms with Gasteiger partial charge in [-0.15, -0.1) is 0 Å². The molecule has 2 atom stereocenters. The van der Waals surface area contributed by atoms with Crippen LogP contribution in [0.1, 0.15) is 44.1 Å². The minimum absolute atomic E-state index is 0.173. The minimum Gasteiger partial charge on any atom is -0.353 e. The molecule has 0 heterocycles. The fourth-order valence-electron chi connectivity index (χ4n) is 4.19. The number of fused-ring (bicyclic) bond motifs is 2. The third kappa shape index (κ3) is 3.82. The number of halogens is 1. The van der Waals surface area contributed by atoms with Crippen molar-refractivity contribution in [3.05, 3.63) is 34.9 Å². The number of amides is 1. The number of nitrogens with one attached hydrogen (secondary N) is 1. The number of carbonyl (C=O) groups excluding carboxylic acids is 1.